The Labute approximate surface area is 174 Å². The number of rotatable bonds is 5. The molecular weight excluding hydrogens is 382 g/mol. The standard InChI is InChI=1S/C23H23N3O2S/c1-26-17(15-25-23(27)16-7-4-3-5-8-16)14-24-22(21-9-6-12-29-21)19-11-10-18(28-2)13-20(19)26/h3-13,17H,14-15H2,1-2H3,(H,25,27). The Morgan fingerprint density at radius 2 is 2.03 bits per heavy atom. The predicted molar refractivity (Wildman–Crippen MR) is 119 cm³/mol. The molecule has 6 heteroatoms. The second kappa shape index (κ2) is 8.49. The van der Waals surface area contributed by atoms with Crippen molar-refractivity contribution in [1.29, 1.82) is 0 Å². The van der Waals surface area contributed by atoms with Gasteiger partial charge in [-0.2, -0.15) is 0 Å². The van der Waals surface area contributed by atoms with Gasteiger partial charge in [0.1, 0.15) is 5.75 Å². The molecule has 0 fully saturated rings. The number of aliphatic imine (C=N–C) groups is 1. The third kappa shape index (κ3) is 4.03. The maximum atomic E-state index is 12.5. The molecule has 1 atom stereocenters. The van der Waals surface area contributed by atoms with Crippen LogP contribution in [0.3, 0.4) is 0 Å². The first kappa shape index (κ1) is 19.2. The van der Waals surface area contributed by atoms with E-state index in [4.69, 9.17) is 9.73 Å². The van der Waals surface area contributed by atoms with Crippen molar-refractivity contribution in [3.8, 4) is 5.75 Å². The van der Waals surface area contributed by atoms with Crippen molar-refractivity contribution in [2.45, 2.75) is 6.04 Å². The molecule has 0 bridgehead atoms. The highest BCUT2D eigenvalue weighted by molar-refractivity contribution is 7.12. The van der Waals surface area contributed by atoms with Gasteiger partial charge < -0.3 is 15.0 Å². The van der Waals surface area contributed by atoms with Crippen molar-refractivity contribution >= 4 is 28.6 Å². The first-order valence-corrected chi connectivity index (χ1v) is 10.4. The van der Waals surface area contributed by atoms with Crippen molar-refractivity contribution in [3.05, 3.63) is 82.0 Å². The number of methoxy groups -OCH3 is 1. The van der Waals surface area contributed by atoms with Crippen LogP contribution in [0, 0.1) is 0 Å². The van der Waals surface area contributed by atoms with Crippen LogP contribution in [0.1, 0.15) is 20.8 Å². The minimum absolute atomic E-state index is 0.0333. The number of likely N-dealkylation sites (N-methyl/N-ethyl adjacent to an activating group) is 1. The highest BCUT2D eigenvalue weighted by Gasteiger charge is 2.25. The number of hydrogen-bond donors (Lipinski definition) is 1. The lowest BCUT2D eigenvalue weighted by atomic mass is 10.0. The molecule has 4 rings (SSSR count). The third-order valence-electron chi connectivity index (χ3n) is 5.14. The zero-order chi connectivity index (χ0) is 20.2. The van der Waals surface area contributed by atoms with Crippen LogP contribution in [-0.2, 0) is 0 Å². The molecule has 2 heterocycles. The van der Waals surface area contributed by atoms with Crippen molar-refractivity contribution in [2.75, 3.05) is 32.1 Å². The summed E-state index contributed by atoms with van der Waals surface area (Å²) in [5.74, 6) is 0.728. The van der Waals surface area contributed by atoms with Crippen LogP contribution in [0.25, 0.3) is 0 Å². The van der Waals surface area contributed by atoms with Gasteiger partial charge in [-0.1, -0.05) is 24.3 Å². The summed E-state index contributed by atoms with van der Waals surface area (Å²) in [6, 6.07) is 19.5. The van der Waals surface area contributed by atoms with E-state index in [9.17, 15) is 4.79 Å². The van der Waals surface area contributed by atoms with E-state index >= 15 is 0 Å². The number of ether oxygens (including phenoxy) is 1. The molecule has 2 aromatic carbocycles. The van der Waals surface area contributed by atoms with Gasteiger partial charge in [0, 0.05) is 36.5 Å². The number of fused-ring (bicyclic) bond motifs is 1. The number of carbonyl (C=O) groups excluding carboxylic acids is 1. The summed E-state index contributed by atoms with van der Waals surface area (Å²) in [5.41, 5.74) is 3.77. The highest BCUT2D eigenvalue weighted by atomic mass is 32.1. The average Bonchev–Trinajstić information content (AvgIpc) is 3.26. The number of nitrogens with one attached hydrogen (secondary N) is 1. The Morgan fingerprint density at radius 3 is 2.76 bits per heavy atom. The molecule has 148 valence electrons. The molecule has 1 aromatic heterocycles. The SMILES string of the molecule is COc1ccc2c(c1)N(C)C(CNC(=O)c1ccccc1)CN=C2c1cccs1. The van der Waals surface area contributed by atoms with Crippen LogP contribution < -0.4 is 15.0 Å². The van der Waals surface area contributed by atoms with Gasteiger partial charge in [-0.15, -0.1) is 11.3 Å². The Kier molecular flexibility index (Phi) is 5.62. The van der Waals surface area contributed by atoms with E-state index in [0.717, 1.165) is 27.6 Å². The first-order chi connectivity index (χ1) is 14.2. The van der Waals surface area contributed by atoms with Gasteiger partial charge in [-0.3, -0.25) is 9.79 Å². The molecule has 29 heavy (non-hydrogen) atoms. The highest BCUT2D eigenvalue weighted by Crippen LogP contribution is 2.32. The lowest BCUT2D eigenvalue weighted by Crippen LogP contribution is -2.43. The van der Waals surface area contributed by atoms with Crippen molar-refractivity contribution in [1.82, 2.24) is 5.32 Å². The van der Waals surface area contributed by atoms with Gasteiger partial charge >= 0.3 is 0 Å². The fraction of sp³-hybridized carbons (Fsp3) is 0.217. The van der Waals surface area contributed by atoms with Gasteiger partial charge in [0.2, 0.25) is 0 Å². The topological polar surface area (TPSA) is 53.9 Å². The molecule has 0 radical (unpaired) electrons. The fourth-order valence-corrected chi connectivity index (χ4v) is 4.21. The van der Waals surface area contributed by atoms with E-state index in [1.807, 2.05) is 55.6 Å². The van der Waals surface area contributed by atoms with E-state index in [-0.39, 0.29) is 11.9 Å². The lowest BCUT2D eigenvalue weighted by Gasteiger charge is -2.29. The minimum atomic E-state index is -0.0726. The Morgan fingerprint density at radius 1 is 1.21 bits per heavy atom. The van der Waals surface area contributed by atoms with Crippen molar-refractivity contribution in [3.63, 3.8) is 0 Å². The van der Waals surface area contributed by atoms with E-state index < -0.39 is 0 Å². The number of benzene rings is 2. The molecule has 0 spiro atoms. The Bertz CT molecular complexity index is 1020. The molecule has 1 aliphatic heterocycles. The molecule has 1 N–H and O–H groups in total. The number of thiophene rings is 1. The van der Waals surface area contributed by atoms with Crippen LogP contribution in [-0.4, -0.2) is 44.9 Å². The number of anilines is 1. The molecule has 0 saturated heterocycles. The van der Waals surface area contributed by atoms with Crippen LogP contribution in [0.4, 0.5) is 5.69 Å². The number of amides is 1. The fourth-order valence-electron chi connectivity index (χ4n) is 3.46. The summed E-state index contributed by atoms with van der Waals surface area (Å²) in [4.78, 5) is 20.8. The zero-order valence-electron chi connectivity index (χ0n) is 16.5. The van der Waals surface area contributed by atoms with E-state index in [2.05, 4.69) is 27.7 Å². The van der Waals surface area contributed by atoms with E-state index in [1.165, 1.54) is 0 Å². The third-order valence-corrected chi connectivity index (χ3v) is 6.01. The maximum absolute atomic E-state index is 12.5. The average molecular weight is 406 g/mol. The summed E-state index contributed by atoms with van der Waals surface area (Å²) in [7, 11) is 3.72. The van der Waals surface area contributed by atoms with Crippen molar-refractivity contribution < 1.29 is 9.53 Å². The Hall–Kier alpha value is -3.12. The zero-order valence-corrected chi connectivity index (χ0v) is 17.3. The Balaban J connectivity index is 1.62. The second-order valence-corrected chi connectivity index (χ2v) is 7.84. The normalized spacial score (nSPS) is 15.9. The summed E-state index contributed by atoms with van der Waals surface area (Å²) in [6.07, 6.45) is 0. The van der Waals surface area contributed by atoms with Crippen LogP contribution in [0.15, 0.2) is 71.0 Å². The molecule has 0 saturated carbocycles. The molecule has 1 unspecified atom stereocenters. The van der Waals surface area contributed by atoms with Crippen molar-refractivity contribution in [2.24, 2.45) is 4.99 Å². The maximum Gasteiger partial charge on any atom is 0.251 e. The predicted octanol–water partition coefficient (Wildman–Crippen LogP) is 3.84. The molecule has 5 nitrogen and oxygen atoms in total. The summed E-state index contributed by atoms with van der Waals surface area (Å²) < 4.78 is 5.45. The lowest BCUT2D eigenvalue weighted by molar-refractivity contribution is 0.0951. The van der Waals surface area contributed by atoms with Crippen LogP contribution >= 0.6 is 11.3 Å². The van der Waals surface area contributed by atoms with Crippen LogP contribution in [0.5, 0.6) is 5.75 Å². The summed E-state index contributed by atoms with van der Waals surface area (Å²) in [6.45, 7) is 1.10. The number of carbonyl (C=O) groups is 1. The quantitative estimate of drug-likeness (QED) is 0.702. The van der Waals surface area contributed by atoms with Gasteiger partial charge in [0.25, 0.3) is 5.91 Å². The van der Waals surface area contributed by atoms with Gasteiger partial charge in [0.05, 0.1) is 30.3 Å². The number of hydrogen-bond acceptors (Lipinski definition) is 5. The smallest absolute Gasteiger partial charge is 0.251 e. The summed E-state index contributed by atoms with van der Waals surface area (Å²) >= 11 is 1.68. The summed E-state index contributed by atoms with van der Waals surface area (Å²) in [5, 5.41) is 5.12. The first-order valence-electron chi connectivity index (χ1n) is 9.50. The van der Waals surface area contributed by atoms with E-state index in [1.54, 1.807) is 18.4 Å². The van der Waals surface area contributed by atoms with E-state index in [0.29, 0.717) is 18.7 Å². The van der Waals surface area contributed by atoms with Gasteiger partial charge in [-0.25, -0.2) is 0 Å². The second-order valence-electron chi connectivity index (χ2n) is 6.89. The molecule has 3 aromatic rings. The molecule has 0 aliphatic carbocycles. The van der Waals surface area contributed by atoms with Crippen LogP contribution in [0.2, 0.25) is 0 Å². The number of nitrogens with zero attached hydrogens (tertiary/aromatic N) is 2. The number of benzodiazepines with no additional fused rings is 1. The largest absolute Gasteiger partial charge is 0.497 e. The molecule has 1 amide bonds. The molecular formula is C23H23N3O2S. The minimum Gasteiger partial charge on any atom is -0.497 e. The van der Waals surface area contributed by atoms with Gasteiger partial charge in [-0.05, 0) is 35.7 Å². The monoisotopic (exact) mass is 405 g/mol. The van der Waals surface area contributed by atoms with Gasteiger partial charge in [0.15, 0.2) is 0 Å². The molecule has 1 aliphatic rings.